The third-order valence-electron chi connectivity index (χ3n) is 2.76. The zero-order chi connectivity index (χ0) is 14.5. The third kappa shape index (κ3) is 2.83. The molecule has 0 fully saturated rings. The Bertz CT molecular complexity index is 577. The van der Waals surface area contributed by atoms with Gasteiger partial charge in [0.05, 0.1) is 38.3 Å². The maximum Gasteiger partial charge on any atom is 0.240 e. The molecule has 2 rings (SSSR count). The lowest BCUT2D eigenvalue weighted by Crippen LogP contribution is -2.21. The number of hydrogen-bond acceptors (Lipinski definition) is 6. The average molecular weight is 278 g/mol. The fourth-order valence-corrected chi connectivity index (χ4v) is 1.80. The minimum atomic E-state index is -0.392. The smallest absolute Gasteiger partial charge is 0.240 e. The second kappa shape index (κ2) is 6.25. The van der Waals surface area contributed by atoms with Crippen molar-refractivity contribution in [2.45, 2.75) is 6.04 Å². The number of nitrogens with one attached hydrogen (secondary N) is 1. The van der Waals surface area contributed by atoms with Gasteiger partial charge in [0, 0.05) is 0 Å². The molecule has 0 aliphatic rings. The van der Waals surface area contributed by atoms with Crippen LogP contribution >= 0.6 is 0 Å². The van der Waals surface area contributed by atoms with Gasteiger partial charge in [-0.05, 0) is 19.2 Å². The second-order valence-electron chi connectivity index (χ2n) is 3.93. The van der Waals surface area contributed by atoms with Crippen molar-refractivity contribution in [3.05, 3.63) is 41.7 Å². The highest BCUT2D eigenvalue weighted by Gasteiger charge is 2.21. The minimum absolute atomic E-state index is 0.329. The lowest BCUT2D eigenvalue weighted by molar-refractivity contribution is 0.353. The van der Waals surface area contributed by atoms with Crippen LogP contribution in [0.25, 0.3) is 0 Å². The predicted molar refractivity (Wildman–Crippen MR) is 70.2 cm³/mol. The average Bonchev–Trinajstić information content (AvgIpc) is 2.50. The second-order valence-corrected chi connectivity index (χ2v) is 3.93. The molecule has 6 nitrogen and oxygen atoms in total. The number of pyridine rings is 1. The monoisotopic (exact) mass is 278 g/mol. The molecule has 1 unspecified atom stereocenters. The van der Waals surface area contributed by atoms with Gasteiger partial charge in [0.15, 0.2) is 0 Å². The zero-order valence-electron chi connectivity index (χ0n) is 11.4. The van der Waals surface area contributed by atoms with E-state index in [9.17, 15) is 4.39 Å². The number of methoxy groups -OCH3 is 2. The molecule has 2 aromatic rings. The first kappa shape index (κ1) is 14.1. The fraction of sp³-hybridized carbons (Fsp3) is 0.308. The first-order valence-corrected chi connectivity index (χ1v) is 5.93. The number of rotatable bonds is 5. The summed E-state index contributed by atoms with van der Waals surface area (Å²) >= 11 is 0. The Hall–Kier alpha value is -2.28. The van der Waals surface area contributed by atoms with Crippen LogP contribution in [0, 0.1) is 5.82 Å². The molecule has 0 radical (unpaired) electrons. The van der Waals surface area contributed by atoms with Crippen LogP contribution < -0.4 is 14.8 Å². The molecule has 20 heavy (non-hydrogen) atoms. The van der Waals surface area contributed by atoms with E-state index in [2.05, 4.69) is 20.3 Å². The number of nitrogens with zero attached hydrogens (tertiary/aromatic N) is 3. The van der Waals surface area contributed by atoms with Crippen molar-refractivity contribution in [1.29, 1.82) is 0 Å². The van der Waals surface area contributed by atoms with Crippen molar-refractivity contribution in [3.63, 3.8) is 0 Å². The summed E-state index contributed by atoms with van der Waals surface area (Å²) in [6, 6.07) is 2.57. The molecule has 0 amide bonds. The summed E-state index contributed by atoms with van der Waals surface area (Å²) in [6.45, 7) is 0. The van der Waals surface area contributed by atoms with E-state index < -0.39 is 5.82 Å². The normalized spacial score (nSPS) is 12.0. The third-order valence-corrected chi connectivity index (χ3v) is 2.76. The molecule has 0 aliphatic carbocycles. The van der Waals surface area contributed by atoms with E-state index in [0.717, 1.165) is 6.20 Å². The Morgan fingerprint density at radius 3 is 2.50 bits per heavy atom. The molecule has 0 saturated heterocycles. The molecule has 2 aromatic heterocycles. The summed E-state index contributed by atoms with van der Waals surface area (Å²) in [4.78, 5) is 12.5. The Balaban J connectivity index is 2.43. The Kier molecular flexibility index (Phi) is 4.41. The molecule has 1 N–H and O–H groups in total. The van der Waals surface area contributed by atoms with E-state index in [-0.39, 0.29) is 6.04 Å². The van der Waals surface area contributed by atoms with Gasteiger partial charge in [0.1, 0.15) is 11.5 Å². The van der Waals surface area contributed by atoms with Crippen LogP contribution in [-0.2, 0) is 0 Å². The molecule has 0 aromatic carbocycles. The Morgan fingerprint density at radius 2 is 1.95 bits per heavy atom. The van der Waals surface area contributed by atoms with Crippen LogP contribution in [0.1, 0.15) is 17.4 Å². The van der Waals surface area contributed by atoms with Crippen LogP contribution in [0.2, 0.25) is 0 Å². The SMILES string of the molecule is CNC(c1ccc(F)cn1)c1ncc(OC)nc1OC. The summed E-state index contributed by atoms with van der Waals surface area (Å²) in [5.41, 5.74) is 1.17. The zero-order valence-corrected chi connectivity index (χ0v) is 11.4. The van der Waals surface area contributed by atoms with Gasteiger partial charge < -0.3 is 14.8 Å². The maximum atomic E-state index is 12.9. The largest absolute Gasteiger partial charge is 0.480 e. The Morgan fingerprint density at radius 1 is 1.15 bits per heavy atom. The molecular weight excluding hydrogens is 263 g/mol. The molecule has 0 bridgehead atoms. The van der Waals surface area contributed by atoms with Crippen LogP contribution in [-0.4, -0.2) is 36.2 Å². The van der Waals surface area contributed by atoms with Crippen molar-refractivity contribution >= 4 is 0 Å². The molecule has 1 atom stereocenters. The van der Waals surface area contributed by atoms with Crippen molar-refractivity contribution in [2.75, 3.05) is 21.3 Å². The summed E-state index contributed by atoms with van der Waals surface area (Å²) in [5, 5.41) is 3.06. The van der Waals surface area contributed by atoms with Gasteiger partial charge in [-0.15, -0.1) is 0 Å². The maximum absolute atomic E-state index is 12.9. The molecule has 106 valence electrons. The van der Waals surface area contributed by atoms with E-state index >= 15 is 0 Å². The fourth-order valence-electron chi connectivity index (χ4n) is 1.80. The first-order chi connectivity index (χ1) is 9.69. The predicted octanol–water partition coefficient (Wildman–Crippen LogP) is 1.34. The summed E-state index contributed by atoms with van der Waals surface area (Å²) < 4.78 is 23.2. The lowest BCUT2D eigenvalue weighted by Gasteiger charge is -2.17. The van der Waals surface area contributed by atoms with Crippen LogP contribution in [0.15, 0.2) is 24.5 Å². The first-order valence-electron chi connectivity index (χ1n) is 5.93. The summed E-state index contributed by atoms with van der Waals surface area (Å²) in [5.74, 6) is 0.290. The van der Waals surface area contributed by atoms with E-state index in [1.165, 1.54) is 26.5 Å². The Labute approximate surface area is 116 Å². The molecule has 0 aliphatic heterocycles. The highest BCUT2D eigenvalue weighted by molar-refractivity contribution is 5.31. The van der Waals surface area contributed by atoms with Gasteiger partial charge in [-0.25, -0.2) is 9.37 Å². The lowest BCUT2D eigenvalue weighted by atomic mass is 10.1. The van der Waals surface area contributed by atoms with E-state index in [4.69, 9.17) is 9.47 Å². The summed E-state index contributed by atoms with van der Waals surface area (Å²) in [7, 11) is 4.75. The van der Waals surface area contributed by atoms with Crippen LogP contribution in [0.3, 0.4) is 0 Å². The minimum Gasteiger partial charge on any atom is -0.480 e. The van der Waals surface area contributed by atoms with Gasteiger partial charge >= 0.3 is 0 Å². The van der Waals surface area contributed by atoms with Gasteiger partial charge in [0.2, 0.25) is 11.8 Å². The van der Waals surface area contributed by atoms with Crippen molar-refractivity contribution in [1.82, 2.24) is 20.3 Å². The number of ether oxygens (including phenoxy) is 2. The quantitative estimate of drug-likeness (QED) is 0.890. The van der Waals surface area contributed by atoms with Crippen LogP contribution in [0.4, 0.5) is 4.39 Å². The van der Waals surface area contributed by atoms with E-state index in [0.29, 0.717) is 23.1 Å². The number of hydrogen-bond donors (Lipinski definition) is 1. The van der Waals surface area contributed by atoms with E-state index in [1.54, 1.807) is 13.1 Å². The van der Waals surface area contributed by atoms with E-state index in [1.807, 2.05) is 0 Å². The summed E-state index contributed by atoms with van der Waals surface area (Å²) in [6.07, 6.45) is 2.65. The van der Waals surface area contributed by atoms with Gasteiger partial charge in [0.25, 0.3) is 0 Å². The highest BCUT2D eigenvalue weighted by Crippen LogP contribution is 2.26. The van der Waals surface area contributed by atoms with Crippen molar-refractivity contribution in [2.24, 2.45) is 0 Å². The standard InChI is InChI=1S/C13H15FN4O2/c1-15-11(9-5-4-8(14)6-16-9)12-13(20-3)18-10(19-2)7-17-12/h4-7,11,15H,1-3H3. The number of aromatic nitrogens is 3. The topological polar surface area (TPSA) is 69.2 Å². The molecule has 2 heterocycles. The number of halogens is 1. The van der Waals surface area contributed by atoms with Gasteiger partial charge in [-0.3, -0.25) is 4.98 Å². The van der Waals surface area contributed by atoms with Crippen molar-refractivity contribution in [3.8, 4) is 11.8 Å². The molecule has 0 spiro atoms. The van der Waals surface area contributed by atoms with Crippen molar-refractivity contribution < 1.29 is 13.9 Å². The molecule has 7 heteroatoms. The van der Waals surface area contributed by atoms with Gasteiger partial charge in [-0.2, -0.15) is 4.98 Å². The van der Waals surface area contributed by atoms with Gasteiger partial charge in [-0.1, -0.05) is 0 Å². The van der Waals surface area contributed by atoms with Crippen LogP contribution in [0.5, 0.6) is 11.8 Å². The molecular formula is C13H15FN4O2. The highest BCUT2D eigenvalue weighted by atomic mass is 19.1. The molecule has 0 saturated carbocycles.